The maximum atomic E-state index is 16.5. The van der Waals surface area contributed by atoms with Crippen LogP contribution in [0.15, 0.2) is 174 Å². The first kappa shape index (κ1) is 37.2. The van der Waals surface area contributed by atoms with Crippen molar-refractivity contribution in [2.24, 2.45) is 0 Å². The highest BCUT2D eigenvalue weighted by Gasteiger charge is 2.55. The first-order chi connectivity index (χ1) is 29.9. The molecule has 2 unspecified atom stereocenters. The predicted octanol–water partition coefficient (Wildman–Crippen LogP) is 13.7. The summed E-state index contributed by atoms with van der Waals surface area (Å²) < 4.78 is 32.6. The molecule has 4 nitrogen and oxygen atoms in total. The van der Waals surface area contributed by atoms with Crippen molar-refractivity contribution in [3.63, 3.8) is 0 Å². The van der Waals surface area contributed by atoms with Crippen LogP contribution in [0.3, 0.4) is 0 Å². The van der Waals surface area contributed by atoms with Crippen LogP contribution in [0.4, 0.5) is 0 Å². The molecule has 302 valence electrons. The van der Waals surface area contributed by atoms with E-state index in [0.29, 0.717) is 0 Å². The number of benzene rings is 8. The minimum absolute atomic E-state index is 0.00298. The summed E-state index contributed by atoms with van der Waals surface area (Å²) in [6, 6.07) is 60.0. The van der Waals surface area contributed by atoms with Gasteiger partial charge in [0.2, 0.25) is 0 Å². The van der Waals surface area contributed by atoms with E-state index in [9.17, 15) is 0 Å². The lowest BCUT2D eigenvalue weighted by Gasteiger charge is -2.47. The number of nitrogens with zero attached hydrogens (tertiary/aromatic N) is 1. The second-order valence-corrected chi connectivity index (χ2v) is 22.0. The number of aromatic nitrogens is 1. The van der Waals surface area contributed by atoms with Crippen molar-refractivity contribution in [2.75, 3.05) is 0 Å². The standard InChI is InChI=1S/C57H46NO3P/c1-55(2,3)35-24-28-47-40(30-35)41-31-36(56(4,5)6)25-29-48(41)58(47)37-26-27-44-52(32-37)61-50-22-14-11-19-43(50)57(44)45-20-12-15-23-53(45)62(59,38-16-8-7-9-17-38)54-34-51-42(33-46(54)57)39-18-10-13-21-49(39)60-51/h7-34H,1-6H3. The molecule has 0 fully saturated rings. The Kier molecular flexibility index (Phi) is 7.63. The Hall–Kier alpha value is -6.61. The largest absolute Gasteiger partial charge is 0.457 e. The summed E-state index contributed by atoms with van der Waals surface area (Å²) in [5.74, 6) is 1.54. The van der Waals surface area contributed by atoms with Crippen molar-refractivity contribution in [1.82, 2.24) is 4.57 Å². The number of hydrogen-bond donors (Lipinski definition) is 0. The van der Waals surface area contributed by atoms with E-state index in [1.807, 2.05) is 54.6 Å². The zero-order chi connectivity index (χ0) is 42.3. The lowest BCUT2D eigenvalue weighted by molar-refractivity contribution is 0.435. The van der Waals surface area contributed by atoms with E-state index in [-0.39, 0.29) is 10.8 Å². The highest BCUT2D eigenvalue weighted by Crippen LogP contribution is 2.62. The molecule has 4 heterocycles. The molecule has 2 aliphatic heterocycles. The van der Waals surface area contributed by atoms with E-state index in [1.165, 1.54) is 21.9 Å². The van der Waals surface area contributed by atoms with Gasteiger partial charge in [-0.3, -0.25) is 0 Å². The highest BCUT2D eigenvalue weighted by atomic mass is 31.2. The predicted molar refractivity (Wildman–Crippen MR) is 257 cm³/mol. The quantitative estimate of drug-likeness (QED) is 0.163. The summed E-state index contributed by atoms with van der Waals surface area (Å²) >= 11 is 0. The normalized spacial score (nSPS) is 18.2. The van der Waals surface area contributed by atoms with Crippen LogP contribution in [0.2, 0.25) is 0 Å². The molecule has 10 aromatic rings. The fourth-order valence-electron chi connectivity index (χ4n) is 10.6. The number of para-hydroxylation sites is 2. The third-order valence-electron chi connectivity index (χ3n) is 13.6. The van der Waals surface area contributed by atoms with Gasteiger partial charge in [0.15, 0.2) is 7.14 Å². The van der Waals surface area contributed by atoms with Gasteiger partial charge in [-0.05, 0) is 87.7 Å². The maximum Gasteiger partial charge on any atom is 0.171 e. The lowest BCUT2D eigenvalue weighted by Crippen LogP contribution is -2.48. The fraction of sp³-hybridized carbons (Fsp3) is 0.158. The van der Waals surface area contributed by atoms with E-state index in [1.54, 1.807) is 0 Å². The molecule has 0 N–H and O–H groups in total. The van der Waals surface area contributed by atoms with Crippen LogP contribution in [-0.2, 0) is 20.8 Å². The first-order valence-corrected chi connectivity index (χ1v) is 23.3. The number of furan rings is 1. The lowest BCUT2D eigenvalue weighted by atomic mass is 9.63. The molecule has 2 aromatic heterocycles. The molecule has 8 aromatic carbocycles. The molecule has 2 atom stereocenters. The Morgan fingerprint density at radius 1 is 0.468 bits per heavy atom. The average Bonchev–Trinajstić information content (AvgIpc) is 3.81. The van der Waals surface area contributed by atoms with Gasteiger partial charge in [0.1, 0.15) is 22.7 Å². The number of hydrogen-bond acceptors (Lipinski definition) is 3. The minimum atomic E-state index is -3.45. The molecule has 0 amide bonds. The smallest absolute Gasteiger partial charge is 0.171 e. The van der Waals surface area contributed by atoms with E-state index in [4.69, 9.17) is 9.15 Å². The Balaban J connectivity index is 1.19. The van der Waals surface area contributed by atoms with Gasteiger partial charge >= 0.3 is 0 Å². The van der Waals surface area contributed by atoms with Gasteiger partial charge in [0.05, 0.1) is 16.4 Å². The van der Waals surface area contributed by atoms with Crippen LogP contribution >= 0.6 is 7.14 Å². The van der Waals surface area contributed by atoms with Gasteiger partial charge in [0, 0.05) is 60.3 Å². The van der Waals surface area contributed by atoms with E-state index >= 15 is 4.57 Å². The van der Waals surface area contributed by atoms with Crippen LogP contribution < -0.4 is 20.7 Å². The SMILES string of the molecule is CC(C)(C)c1ccc2c(c1)c1cc(C(C)(C)C)ccc1n2-c1ccc2c(c1)Oc1ccccc1C21c2ccccc2P(=O)(c2ccccc2)c2cc3oc4ccccc4c3cc21. The van der Waals surface area contributed by atoms with Gasteiger partial charge in [-0.2, -0.15) is 0 Å². The molecule has 0 aliphatic carbocycles. The summed E-state index contributed by atoms with van der Waals surface area (Å²) in [5, 5.41) is 6.91. The number of fused-ring (bicyclic) bond motifs is 14. The van der Waals surface area contributed by atoms with Crippen molar-refractivity contribution in [2.45, 2.75) is 57.8 Å². The molecule has 5 heteroatoms. The third kappa shape index (κ3) is 4.99. The summed E-state index contributed by atoms with van der Waals surface area (Å²) in [6.45, 7) is 13.7. The minimum Gasteiger partial charge on any atom is -0.457 e. The average molecular weight is 824 g/mol. The summed E-state index contributed by atoms with van der Waals surface area (Å²) in [6.07, 6.45) is 0. The van der Waals surface area contributed by atoms with Gasteiger partial charge in [-0.1, -0.05) is 151 Å². The van der Waals surface area contributed by atoms with Gasteiger partial charge < -0.3 is 18.3 Å². The third-order valence-corrected chi connectivity index (χ3v) is 16.8. The Morgan fingerprint density at radius 3 is 1.79 bits per heavy atom. The molecule has 1 spiro atoms. The van der Waals surface area contributed by atoms with E-state index in [0.717, 1.165) is 88.3 Å². The van der Waals surface area contributed by atoms with Gasteiger partial charge in [0.25, 0.3) is 0 Å². The van der Waals surface area contributed by atoms with Crippen LogP contribution in [0.1, 0.15) is 74.9 Å². The molecule has 0 saturated carbocycles. The van der Waals surface area contributed by atoms with Crippen molar-refractivity contribution < 1.29 is 13.7 Å². The first-order valence-electron chi connectivity index (χ1n) is 21.6. The summed E-state index contributed by atoms with van der Waals surface area (Å²) in [5.41, 5.74) is 10.6. The topological polar surface area (TPSA) is 44.4 Å². The Bertz CT molecular complexity index is 3490. The summed E-state index contributed by atoms with van der Waals surface area (Å²) in [4.78, 5) is 0. The maximum absolute atomic E-state index is 16.5. The van der Waals surface area contributed by atoms with Crippen molar-refractivity contribution >= 4 is 66.8 Å². The van der Waals surface area contributed by atoms with Crippen molar-refractivity contribution in [3.05, 3.63) is 203 Å². The highest BCUT2D eigenvalue weighted by molar-refractivity contribution is 7.85. The molecular formula is C57H46NO3P. The van der Waals surface area contributed by atoms with Gasteiger partial charge in [-0.15, -0.1) is 0 Å². The zero-order valence-corrected chi connectivity index (χ0v) is 36.7. The number of rotatable bonds is 2. The van der Waals surface area contributed by atoms with Crippen LogP contribution in [0.25, 0.3) is 49.4 Å². The fourth-order valence-corrected chi connectivity index (χ4v) is 13.7. The van der Waals surface area contributed by atoms with E-state index in [2.05, 4.69) is 161 Å². The second kappa shape index (κ2) is 12.7. The Morgan fingerprint density at radius 2 is 1.08 bits per heavy atom. The molecule has 2 aliphatic rings. The summed E-state index contributed by atoms with van der Waals surface area (Å²) in [7, 11) is -3.45. The molecule has 0 saturated heterocycles. The number of ether oxygens (including phenoxy) is 1. The van der Waals surface area contributed by atoms with Gasteiger partial charge in [-0.25, -0.2) is 0 Å². The zero-order valence-electron chi connectivity index (χ0n) is 35.8. The molecule has 62 heavy (non-hydrogen) atoms. The molecule has 0 radical (unpaired) electrons. The van der Waals surface area contributed by atoms with Crippen molar-refractivity contribution in [3.8, 4) is 17.2 Å². The van der Waals surface area contributed by atoms with Crippen LogP contribution in [0.5, 0.6) is 11.5 Å². The van der Waals surface area contributed by atoms with Crippen molar-refractivity contribution in [1.29, 1.82) is 0 Å². The molecule has 0 bridgehead atoms. The molecular weight excluding hydrogens is 778 g/mol. The monoisotopic (exact) mass is 823 g/mol. The second-order valence-electron chi connectivity index (χ2n) is 19.3. The Labute approximate surface area is 361 Å². The van der Waals surface area contributed by atoms with Crippen LogP contribution in [-0.4, -0.2) is 4.57 Å². The van der Waals surface area contributed by atoms with E-state index < -0.39 is 12.6 Å². The molecule has 12 rings (SSSR count). The van der Waals surface area contributed by atoms with Crippen LogP contribution in [0, 0.1) is 0 Å².